The Kier molecular flexibility index (Phi) is 4.29. The highest BCUT2D eigenvalue weighted by molar-refractivity contribution is 7.89. The number of rotatable bonds is 4. The van der Waals surface area contributed by atoms with Crippen LogP contribution in [0.2, 0.25) is 0 Å². The van der Waals surface area contributed by atoms with Crippen LogP contribution in [0.3, 0.4) is 0 Å². The van der Waals surface area contributed by atoms with Gasteiger partial charge in [0.2, 0.25) is 10.0 Å². The van der Waals surface area contributed by atoms with Gasteiger partial charge in [0.15, 0.2) is 5.96 Å². The van der Waals surface area contributed by atoms with Crippen LogP contribution >= 0.6 is 0 Å². The first-order valence-corrected chi connectivity index (χ1v) is 7.90. The molecular formula is C13H20N4O2S. The summed E-state index contributed by atoms with van der Waals surface area (Å²) in [5, 5.41) is 6.32. The molecule has 6 nitrogen and oxygen atoms in total. The van der Waals surface area contributed by atoms with Crippen LogP contribution in [-0.2, 0) is 16.6 Å². The van der Waals surface area contributed by atoms with E-state index in [1.807, 2.05) is 19.1 Å². The molecule has 2 N–H and O–H groups in total. The van der Waals surface area contributed by atoms with Gasteiger partial charge < -0.3 is 10.6 Å². The van der Waals surface area contributed by atoms with Crippen molar-refractivity contribution in [1.82, 2.24) is 14.9 Å². The summed E-state index contributed by atoms with van der Waals surface area (Å²) >= 11 is 0. The summed E-state index contributed by atoms with van der Waals surface area (Å²) in [6.45, 7) is 3.20. The Balaban J connectivity index is 2.17. The van der Waals surface area contributed by atoms with E-state index >= 15 is 0 Å². The van der Waals surface area contributed by atoms with E-state index in [1.165, 1.54) is 18.4 Å². The third-order valence-corrected chi connectivity index (χ3v) is 5.00. The second kappa shape index (κ2) is 5.80. The molecule has 7 heteroatoms. The smallest absolute Gasteiger partial charge is 0.242 e. The SMILES string of the molecule is CC1CN=C(NCc2ccccc2S(=O)(=O)N(C)C)N1. The van der Waals surface area contributed by atoms with E-state index in [4.69, 9.17) is 0 Å². The maximum atomic E-state index is 12.3. The summed E-state index contributed by atoms with van der Waals surface area (Å²) in [5.74, 6) is 0.717. The van der Waals surface area contributed by atoms with Crippen LogP contribution in [0.1, 0.15) is 12.5 Å². The molecule has 0 bridgehead atoms. The molecule has 0 amide bonds. The molecule has 1 atom stereocenters. The highest BCUT2D eigenvalue weighted by Gasteiger charge is 2.21. The van der Waals surface area contributed by atoms with Gasteiger partial charge in [0.05, 0.1) is 11.4 Å². The fourth-order valence-corrected chi connectivity index (χ4v) is 3.05. The zero-order valence-corrected chi connectivity index (χ0v) is 12.7. The number of guanidine groups is 1. The molecular weight excluding hydrogens is 276 g/mol. The number of nitrogens with zero attached hydrogens (tertiary/aromatic N) is 2. The molecule has 0 saturated carbocycles. The van der Waals surface area contributed by atoms with Gasteiger partial charge in [-0.05, 0) is 18.6 Å². The van der Waals surface area contributed by atoms with Crippen molar-refractivity contribution in [2.75, 3.05) is 20.6 Å². The predicted octanol–water partition coefficient (Wildman–Crippen LogP) is 0.374. The molecule has 0 aliphatic carbocycles. The summed E-state index contributed by atoms with van der Waals surface area (Å²) in [7, 11) is -0.368. The van der Waals surface area contributed by atoms with Crippen molar-refractivity contribution in [3.05, 3.63) is 29.8 Å². The normalized spacial score (nSPS) is 18.8. The Labute approximate surface area is 119 Å². The molecule has 0 aromatic heterocycles. The third-order valence-electron chi connectivity index (χ3n) is 3.08. The zero-order valence-electron chi connectivity index (χ0n) is 11.9. The van der Waals surface area contributed by atoms with Crippen LogP contribution in [0.15, 0.2) is 34.2 Å². The lowest BCUT2D eigenvalue weighted by atomic mass is 10.2. The van der Waals surface area contributed by atoms with Crippen molar-refractivity contribution in [2.45, 2.75) is 24.4 Å². The first-order chi connectivity index (χ1) is 9.41. The Morgan fingerprint density at radius 3 is 2.70 bits per heavy atom. The van der Waals surface area contributed by atoms with Gasteiger partial charge >= 0.3 is 0 Å². The number of hydrogen-bond donors (Lipinski definition) is 2. The van der Waals surface area contributed by atoms with Crippen molar-refractivity contribution in [2.24, 2.45) is 4.99 Å². The van der Waals surface area contributed by atoms with Gasteiger partial charge in [-0.2, -0.15) is 0 Å². The van der Waals surface area contributed by atoms with E-state index in [2.05, 4.69) is 15.6 Å². The first kappa shape index (κ1) is 14.8. The maximum absolute atomic E-state index is 12.3. The lowest BCUT2D eigenvalue weighted by Crippen LogP contribution is -2.37. The molecule has 1 aromatic rings. The summed E-state index contributed by atoms with van der Waals surface area (Å²) in [6.07, 6.45) is 0. The Morgan fingerprint density at radius 1 is 1.40 bits per heavy atom. The Bertz CT molecular complexity index is 611. The monoisotopic (exact) mass is 296 g/mol. The quantitative estimate of drug-likeness (QED) is 0.842. The molecule has 1 heterocycles. The third kappa shape index (κ3) is 3.10. The van der Waals surface area contributed by atoms with Crippen LogP contribution in [0.25, 0.3) is 0 Å². The van der Waals surface area contributed by atoms with E-state index in [0.29, 0.717) is 17.5 Å². The van der Waals surface area contributed by atoms with Gasteiger partial charge in [0, 0.05) is 26.7 Å². The molecule has 1 aliphatic rings. The number of hydrogen-bond acceptors (Lipinski definition) is 5. The average Bonchev–Trinajstić information content (AvgIpc) is 2.82. The van der Waals surface area contributed by atoms with E-state index in [-0.39, 0.29) is 0 Å². The van der Waals surface area contributed by atoms with Gasteiger partial charge in [0.25, 0.3) is 0 Å². The Hall–Kier alpha value is -1.60. The minimum atomic E-state index is -3.43. The number of aliphatic imine (C=N–C) groups is 1. The van der Waals surface area contributed by atoms with Crippen molar-refractivity contribution >= 4 is 16.0 Å². The molecule has 1 unspecified atom stereocenters. The van der Waals surface area contributed by atoms with E-state index < -0.39 is 10.0 Å². The molecule has 0 spiro atoms. The van der Waals surface area contributed by atoms with Gasteiger partial charge in [-0.15, -0.1) is 0 Å². The van der Waals surface area contributed by atoms with Crippen LogP contribution in [-0.4, -0.2) is 45.4 Å². The van der Waals surface area contributed by atoms with Gasteiger partial charge in [0.1, 0.15) is 0 Å². The van der Waals surface area contributed by atoms with Crippen LogP contribution in [0.5, 0.6) is 0 Å². The van der Waals surface area contributed by atoms with Crippen molar-refractivity contribution in [3.8, 4) is 0 Å². The average molecular weight is 296 g/mol. The molecule has 0 saturated heterocycles. The van der Waals surface area contributed by atoms with Crippen molar-refractivity contribution in [3.63, 3.8) is 0 Å². The minimum Gasteiger partial charge on any atom is -0.352 e. The highest BCUT2D eigenvalue weighted by atomic mass is 32.2. The van der Waals surface area contributed by atoms with Gasteiger partial charge in [-0.25, -0.2) is 12.7 Å². The minimum absolute atomic E-state index is 0.318. The highest BCUT2D eigenvalue weighted by Crippen LogP contribution is 2.18. The summed E-state index contributed by atoms with van der Waals surface area (Å²) in [6, 6.07) is 7.31. The fraction of sp³-hybridized carbons (Fsp3) is 0.462. The summed E-state index contributed by atoms with van der Waals surface area (Å²) in [4.78, 5) is 4.62. The lowest BCUT2D eigenvalue weighted by molar-refractivity contribution is 0.519. The van der Waals surface area contributed by atoms with Crippen molar-refractivity contribution in [1.29, 1.82) is 0 Å². The van der Waals surface area contributed by atoms with Gasteiger partial charge in [-0.3, -0.25) is 4.99 Å². The van der Waals surface area contributed by atoms with E-state index in [9.17, 15) is 8.42 Å². The van der Waals surface area contributed by atoms with Crippen molar-refractivity contribution < 1.29 is 8.42 Å². The number of sulfonamides is 1. The fourth-order valence-electron chi connectivity index (χ4n) is 1.94. The van der Waals surface area contributed by atoms with E-state index in [0.717, 1.165) is 18.1 Å². The molecule has 0 fully saturated rings. The molecule has 110 valence electrons. The maximum Gasteiger partial charge on any atom is 0.242 e. The molecule has 2 rings (SSSR count). The second-order valence-electron chi connectivity index (χ2n) is 4.98. The Morgan fingerprint density at radius 2 is 2.10 bits per heavy atom. The zero-order chi connectivity index (χ0) is 14.8. The number of nitrogens with one attached hydrogen (secondary N) is 2. The standard InChI is InChI=1S/C13H20N4O2S/c1-10-8-14-13(16-10)15-9-11-6-4-5-7-12(11)20(18,19)17(2)3/h4-7,10H,8-9H2,1-3H3,(H2,14,15,16). The summed E-state index contributed by atoms with van der Waals surface area (Å²) < 4.78 is 25.7. The first-order valence-electron chi connectivity index (χ1n) is 6.46. The van der Waals surface area contributed by atoms with Gasteiger partial charge in [-0.1, -0.05) is 18.2 Å². The van der Waals surface area contributed by atoms with Crippen LogP contribution < -0.4 is 10.6 Å². The number of benzene rings is 1. The molecule has 20 heavy (non-hydrogen) atoms. The molecule has 0 radical (unpaired) electrons. The lowest BCUT2D eigenvalue weighted by Gasteiger charge is -2.16. The topological polar surface area (TPSA) is 73.8 Å². The second-order valence-corrected chi connectivity index (χ2v) is 7.10. The molecule has 1 aromatic carbocycles. The van der Waals surface area contributed by atoms with E-state index in [1.54, 1.807) is 12.1 Å². The van der Waals surface area contributed by atoms with Crippen LogP contribution in [0.4, 0.5) is 0 Å². The van der Waals surface area contributed by atoms with Crippen LogP contribution in [0, 0.1) is 0 Å². The molecule has 1 aliphatic heterocycles. The summed E-state index contributed by atoms with van der Waals surface area (Å²) in [5.41, 5.74) is 0.727. The largest absolute Gasteiger partial charge is 0.352 e. The predicted molar refractivity (Wildman–Crippen MR) is 79.1 cm³/mol.